The summed E-state index contributed by atoms with van der Waals surface area (Å²) in [6.07, 6.45) is 5.07. The molecule has 2 rings (SSSR count). The van der Waals surface area contributed by atoms with E-state index in [9.17, 15) is 0 Å². The lowest BCUT2D eigenvalue weighted by atomic mass is 10.3. The van der Waals surface area contributed by atoms with Crippen molar-refractivity contribution in [3.63, 3.8) is 0 Å². The minimum Gasteiger partial charge on any atom is -0.330 e. The minimum atomic E-state index is 0.666. The Morgan fingerprint density at radius 2 is 2.25 bits per heavy atom. The molecule has 0 amide bonds. The van der Waals surface area contributed by atoms with E-state index in [2.05, 4.69) is 25.5 Å². The van der Waals surface area contributed by atoms with Gasteiger partial charge in [0.1, 0.15) is 12.0 Å². The molecule has 0 aliphatic rings. The lowest BCUT2D eigenvalue weighted by Gasteiger charge is -2.02. The summed E-state index contributed by atoms with van der Waals surface area (Å²) >= 11 is 0. The first-order valence-corrected chi connectivity index (χ1v) is 5.14. The molecule has 0 saturated heterocycles. The Hall–Kier alpha value is -1.89. The van der Waals surface area contributed by atoms with E-state index >= 15 is 0 Å². The van der Waals surface area contributed by atoms with Gasteiger partial charge in [-0.2, -0.15) is 0 Å². The molecule has 2 heterocycles. The van der Waals surface area contributed by atoms with Gasteiger partial charge in [-0.25, -0.2) is 14.6 Å². The average Bonchev–Trinajstić information content (AvgIpc) is 2.79. The number of tetrazole rings is 1. The van der Waals surface area contributed by atoms with E-state index in [1.807, 2.05) is 0 Å². The normalized spacial score (nSPS) is 10.6. The van der Waals surface area contributed by atoms with Gasteiger partial charge in [0.2, 0.25) is 5.82 Å². The maximum atomic E-state index is 5.44. The molecule has 0 aromatic carbocycles. The second-order valence-corrected chi connectivity index (χ2v) is 3.32. The number of hydrogen-bond donors (Lipinski definition) is 1. The second-order valence-electron chi connectivity index (χ2n) is 3.32. The zero-order valence-electron chi connectivity index (χ0n) is 8.82. The SMILES string of the molecule is NCCCCn1nnnc1-c1ccncn1. The van der Waals surface area contributed by atoms with Gasteiger partial charge in [-0.1, -0.05) is 0 Å². The number of hydrogen-bond acceptors (Lipinski definition) is 6. The summed E-state index contributed by atoms with van der Waals surface area (Å²) in [5.74, 6) is 0.666. The summed E-state index contributed by atoms with van der Waals surface area (Å²) < 4.78 is 1.73. The first-order valence-electron chi connectivity index (χ1n) is 5.14. The largest absolute Gasteiger partial charge is 0.330 e. The first-order chi connectivity index (χ1) is 7.92. The van der Waals surface area contributed by atoms with Gasteiger partial charge in [-0.15, -0.1) is 5.10 Å². The van der Waals surface area contributed by atoms with E-state index in [0.717, 1.165) is 25.1 Å². The van der Waals surface area contributed by atoms with Crippen molar-refractivity contribution in [2.75, 3.05) is 6.54 Å². The summed E-state index contributed by atoms with van der Waals surface area (Å²) in [6.45, 7) is 1.44. The Bertz CT molecular complexity index is 424. The summed E-state index contributed by atoms with van der Waals surface area (Å²) in [5, 5.41) is 11.5. The van der Waals surface area contributed by atoms with Crippen LogP contribution >= 0.6 is 0 Å². The fourth-order valence-corrected chi connectivity index (χ4v) is 1.37. The van der Waals surface area contributed by atoms with Crippen LogP contribution in [0.2, 0.25) is 0 Å². The van der Waals surface area contributed by atoms with Gasteiger partial charge < -0.3 is 5.73 Å². The van der Waals surface area contributed by atoms with Crippen LogP contribution in [0.1, 0.15) is 12.8 Å². The predicted molar refractivity (Wildman–Crippen MR) is 57.1 cm³/mol. The van der Waals surface area contributed by atoms with Gasteiger partial charge >= 0.3 is 0 Å². The number of nitrogens with two attached hydrogens (primary N) is 1. The van der Waals surface area contributed by atoms with Crippen molar-refractivity contribution in [2.24, 2.45) is 5.73 Å². The van der Waals surface area contributed by atoms with Crippen LogP contribution in [0, 0.1) is 0 Å². The van der Waals surface area contributed by atoms with E-state index in [1.54, 1.807) is 16.9 Å². The van der Waals surface area contributed by atoms with Crippen LogP contribution in [0.25, 0.3) is 11.5 Å². The number of rotatable bonds is 5. The number of unbranched alkanes of at least 4 members (excludes halogenated alkanes) is 1. The second kappa shape index (κ2) is 5.26. The van der Waals surface area contributed by atoms with Crippen LogP contribution in [0.5, 0.6) is 0 Å². The molecule has 0 fully saturated rings. The predicted octanol–water partition coefficient (Wildman–Crippen LogP) is -0.131. The van der Waals surface area contributed by atoms with Crippen molar-refractivity contribution in [3.8, 4) is 11.5 Å². The Morgan fingerprint density at radius 1 is 1.31 bits per heavy atom. The van der Waals surface area contributed by atoms with Gasteiger partial charge in [0.15, 0.2) is 0 Å². The highest BCUT2D eigenvalue weighted by molar-refractivity contribution is 5.46. The van der Waals surface area contributed by atoms with Crippen LogP contribution in [0.3, 0.4) is 0 Å². The quantitative estimate of drug-likeness (QED) is 0.704. The van der Waals surface area contributed by atoms with Gasteiger partial charge in [-0.05, 0) is 35.9 Å². The summed E-state index contributed by atoms with van der Waals surface area (Å²) in [4.78, 5) is 7.97. The zero-order chi connectivity index (χ0) is 11.2. The maximum Gasteiger partial charge on any atom is 0.200 e. The van der Waals surface area contributed by atoms with Crippen molar-refractivity contribution in [3.05, 3.63) is 18.6 Å². The maximum absolute atomic E-state index is 5.44. The Morgan fingerprint density at radius 3 is 3.00 bits per heavy atom. The van der Waals surface area contributed by atoms with Crippen molar-refractivity contribution in [2.45, 2.75) is 19.4 Å². The minimum absolute atomic E-state index is 0.666. The average molecular weight is 219 g/mol. The third-order valence-corrected chi connectivity index (χ3v) is 2.17. The highest BCUT2D eigenvalue weighted by Crippen LogP contribution is 2.11. The van der Waals surface area contributed by atoms with Crippen molar-refractivity contribution in [1.82, 2.24) is 30.2 Å². The van der Waals surface area contributed by atoms with E-state index < -0.39 is 0 Å². The third kappa shape index (κ3) is 2.37. The highest BCUT2D eigenvalue weighted by atomic mass is 15.5. The van der Waals surface area contributed by atoms with Crippen molar-refractivity contribution in [1.29, 1.82) is 0 Å². The Labute approximate surface area is 92.7 Å². The highest BCUT2D eigenvalue weighted by Gasteiger charge is 2.08. The van der Waals surface area contributed by atoms with Gasteiger partial charge in [0.05, 0.1) is 0 Å². The van der Waals surface area contributed by atoms with Crippen LogP contribution in [0.15, 0.2) is 18.6 Å². The molecule has 0 aliphatic heterocycles. The molecule has 7 nitrogen and oxygen atoms in total. The molecule has 2 aromatic rings. The molecular weight excluding hydrogens is 206 g/mol. The number of aromatic nitrogens is 6. The van der Waals surface area contributed by atoms with Crippen LogP contribution in [-0.2, 0) is 6.54 Å². The third-order valence-electron chi connectivity index (χ3n) is 2.17. The molecule has 0 bridgehead atoms. The van der Waals surface area contributed by atoms with E-state index in [0.29, 0.717) is 12.4 Å². The molecule has 2 N–H and O–H groups in total. The first kappa shape index (κ1) is 10.6. The molecule has 0 unspecified atom stereocenters. The number of nitrogens with zero attached hydrogens (tertiary/aromatic N) is 6. The Kier molecular flexibility index (Phi) is 3.50. The fourth-order valence-electron chi connectivity index (χ4n) is 1.37. The smallest absolute Gasteiger partial charge is 0.200 e. The van der Waals surface area contributed by atoms with E-state index in [-0.39, 0.29) is 0 Å². The lowest BCUT2D eigenvalue weighted by molar-refractivity contribution is 0.548. The van der Waals surface area contributed by atoms with Gasteiger partial charge in [0.25, 0.3) is 0 Å². The Balaban J connectivity index is 2.13. The molecule has 7 heteroatoms. The molecule has 0 radical (unpaired) electrons. The van der Waals surface area contributed by atoms with Crippen molar-refractivity contribution < 1.29 is 0 Å². The lowest BCUT2D eigenvalue weighted by Crippen LogP contribution is -2.06. The van der Waals surface area contributed by atoms with Crippen LogP contribution < -0.4 is 5.73 Å². The molecule has 84 valence electrons. The van der Waals surface area contributed by atoms with Crippen LogP contribution in [-0.4, -0.2) is 36.7 Å². The molecule has 0 spiro atoms. The molecular formula is C9H13N7. The van der Waals surface area contributed by atoms with Gasteiger partial charge in [0, 0.05) is 12.7 Å². The molecule has 0 aliphatic carbocycles. The monoisotopic (exact) mass is 219 g/mol. The zero-order valence-corrected chi connectivity index (χ0v) is 8.82. The van der Waals surface area contributed by atoms with Gasteiger partial charge in [-0.3, -0.25) is 0 Å². The summed E-state index contributed by atoms with van der Waals surface area (Å²) in [6, 6.07) is 1.78. The topological polar surface area (TPSA) is 95.4 Å². The van der Waals surface area contributed by atoms with Crippen LogP contribution in [0.4, 0.5) is 0 Å². The molecule has 16 heavy (non-hydrogen) atoms. The molecule has 0 atom stereocenters. The van der Waals surface area contributed by atoms with E-state index in [1.165, 1.54) is 6.33 Å². The fraction of sp³-hybridized carbons (Fsp3) is 0.444. The van der Waals surface area contributed by atoms with E-state index in [4.69, 9.17) is 5.73 Å². The number of aryl methyl sites for hydroxylation is 1. The van der Waals surface area contributed by atoms with Crippen molar-refractivity contribution >= 4 is 0 Å². The summed E-state index contributed by atoms with van der Waals surface area (Å²) in [5.41, 5.74) is 6.17. The molecule has 2 aromatic heterocycles. The summed E-state index contributed by atoms with van der Waals surface area (Å²) in [7, 11) is 0. The molecule has 0 saturated carbocycles. The standard InChI is InChI=1S/C9H13N7/c10-4-1-2-6-16-9(13-14-15-16)8-3-5-11-7-12-8/h3,5,7H,1-2,4,6,10H2.